The van der Waals surface area contributed by atoms with Crippen LogP contribution >= 0.6 is 0 Å². The summed E-state index contributed by atoms with van der Waals surface area (Å²) in [6, 6.07) is 10.6. The normalized spacial score (nSPS) is 12.3. The van der Waals surface area contributed by atoms with Crippen molar-refractivity contribution < 1.29 is 0 Å². The van der Waals surface area contributed by atoms with E-state index < -0.39 is 0 Å². The van der Waals surface area contributed by atoms with Gasteiger partial charge in [-0.3, -0.25) is 0 Å². The number of nitrogens with one attached hydrogen (secondary N) is 1. The van der Waals surface area contributed by atoms with Crippen LogP contribution in [0, 0.1) is 0 Å². The molecule has 20 heavy (non-hydrogen) atoms. The number of hydrazine groups is 1. The van der Waals surface area contributed by atoms with Gasteiger partial charge in [-0.15, -0.1) is 0 Å². The molecule has 0 radical (unpaired) electrons. The zero-order valence-corrected chi connectivity index (χ0v) is 13.1. The minimum atomic E-state index is 0.992. The summed E-state index contributed by atoms with van der Waals surface area (Å²) >= 11 is 0. The lowest BCUT2D eigenvalue weighted by atomic mass is 10.0. The maximum absolute atomic E-state index is 3.30. The van der Waals surface area contributed by atoms with Crippen molar-refractivity contribution >= 4 is 0 Å². The Labute approximate surface area is 124 Å². The predicted octanol–water partition coefficient (Wildman–Crippen LogP) is 4.32. The molecule has 1 N–H and O–H groups in total. The lowest BCUT2D eigenvalue weighted by molar-refractivity contribution is 0.272. The number of hydrogen-bond donors (Lipinski definition) is 1. The Balaban J connectivity index is 2.49. The molecule has 0 aliphatic carbocycles. The first-order valence-electron chi connectivity index (χ1n) is 7.63. The summed E-state index contributed by atoms with van der Waals surface area (Å²) in [7, 11) is 2.08. The second-order valence-corrected chi connectivity index (χ2v) is 5.09. The van der Waals surface area contributed by atoms with Crippen molar-refractivity contribution in [1.82, 2.24) is 10.4 Å². The van der Waals surface area contributed by atoms with Gasteiger partial charge in [-0.1, -0.05) is 56.7 Å². The van der Waals surface area contributed by atoms with E-state index in [2.05, 4.69) is 73.8 Å². The predicted molar refractivity (Wildman–Crippen MR) is 88.3 cm³/mol. The van der Waals surface area contributed by atoms with Gasteiger partial charge in [0.15, 0.2) is 0 Å². The number of unbranched alkanes of at least 4 members (excludes halogenated alkanes) is 1. The molecular weight excluding hydrogens is 244 g/mol. The molecule has 0 aromatic heterocycles. The Hall–Kier alpha value is -1.54. The molecule has 0 heterocycles. The van der Waals surface area contributed by atoms with Crippen LogP contribution in [0.4, 0.5) is 0 Å². The van der Waals surface area contributed by atoms with Crippen molar-refractivity contribution in [3.63, 3.8) is 0 Å². The van der Waals surface area contributed by atoms with Crippen molar-refractivity contribution in [2.45, 2.75) is 39.5 Å². The topological polar surface area (TPSA) is 15.3 Å². The van der Waals surface area contributed by atoms with Crippen LogP contribution in [0.5, 0.6) is 0 Å². The van der Waals surface area contributed by atoms with Gasteiger partial charge in [0.25, 0.3) is 0 Å². The number of hydrogen-bond acceptors (Lipinski definition) is 2. The summed E-state index contributed by atoms with van der Waals surface area (Å²) in [4.78, 5) is 0. The van der Waals surface area contributed by atoms with Gasteiger partial charge in [-0.25, -0.2) is 5.01 Å². The Morgan fingerprint density at radius 1 is 1.20 bits per heavy atom. The van der Waals surface area contributed by atoms with Gasteiger partial charge >= 0.3 is 0 Å². The molecule has 1 aromatic carbocycles. The third-order valence-corrected chi connectivity index (χ3v) is 3.16. The highest BCUT2D eigenvalue weighted by molar-refractivity contribution is 5.28. The molecule has 1 rings (SSSR count). The molecule has 0 unspecified atom stereocenters. The van der Waals surface area contributed by atoms with E-state index in [0.717, 1.165) is 19.4 Å². The minimum Gasteiger partial charge on any atom is -0.326 e. The molecule has 0 spiro atoms. The SMILES string of the molecule is CC/C=C(\C=C/NN(C)CCCC)Cc1ccccc1. The van der Waals surface area contributed by atoms with E-state index in [-0.39, 0.29) is 0 Å². The van der Waals surface area contributed by atoms with Crippen LogP contribution in [-0.4, -0.2) is 18.6 Å². The molecule has 0 aliphatic heterocycles. The van der Waals surface area contributed by atoms with E-state index in [4.69, 9.17) is 0 Å². The first-order chi connectivity index (χ1) is 9.76. The molecule has 0 bridgehead atoms. The van der Waals surface area contributed by atoms with Gasteiger partial charge in [0.2, 0.25) is 0 Å². The summed E-state index contributed by atoms with van der Waals surface area (Å²) in [5.74, 6) is 0. The van der Waals surface area contributed by atoms with E-state index in [1.165, 1.54) is 24.0 Å². The second-order valence-electron chi connectivity index (χ2n) is 5.09. The van der Waals surface area contributed by atoms with Crippen LogP contribution in [0.1, 0.15) is 38.7 Å². The van der Waals surface area contributed by atoms with Crippen molar-refractivity contribution in [3.05, 3.63) is 59.8 Å². The van der Waals surface area contributed by atoms with Gasteiger partial charge in [0.05, 0.1) is 0 Å². The van der Waals surface area contributed by atoms with Crippen molar-refractivity contribution in [3.8, 4) is 0 Å². The average molecular weight is 272 g/mol. The molecule has 0 saturated carbocycles. The van der Waals surface area contributed by atoms with Crippen molar-refractivity contribution in [2.24, 2.45) is 0 Å². The van der Waals surface area contributed by atoms with Gasteiger partial charge in [-0.05, 0) is 36.5 Å². The summed E-state index contributed by atoms with van der Waals surface area (Å²) in [6.45, 7) is 5.47. The van der Waals surface area contributed by atoms with Crippen molar-refractivity contribution in [1.29, 1.82) is 0 Å². The van der Waals surface area contributed by atoms with Gasteiger partial charge in [0, 0.05) is 19.8 Å². The molecule has 1 aromatic rings. The number of rotatable bonds is 9. The van der Waals surface area contributed by atoms with Crippen LogP contribution in [-0.2, 0) is 6.42 Å². The van der Waals surface area contributed by atoms with E-state index in [0.29, 0.717) is 0 Å². The largest absolute Gasteiger partial charge is 0.326 e. The Morgan fingerprint density at radius 2 is 1.95 bits per heavy atom. The van der Waals surface area contributed by atoms with Crippen molar-refractivity contribution in [2.75, 3.05) is 13.6 Å². The van der Waals surface area contributed by atoms with E-state index in [1.807, 2.05) is 6.20 Å². The monoisotopic (exact) mass is 272 g/mol. The fraction of sp³-hybridized carbons (Fsp3) is 0.444. The van der Waals surface area contributed by atoms with Crippen LogP contribution in [0.3, 0.4) is 0 Å². The zero-order chi connectivity index (χ0) is 14.6. The highest BCUT2D eigenvalue weighted by Crippen LogP contribution is 2.09. The van der Waals surface area contributed by atoms with Crippen LogP contribution in [0.15, 0.2) is 54.3 Å². The van der Waals surface area contributed by atoms with Crippen LogP contribution in [0.25, 0.3) is 0 Å². The molecule has 0 saturated heterocycles. The molecule has 0 fully saturated rings. The van der Waals surface area contributed by atoms with Gasteiger partial charge < -0.3 is 5.43 Å². The molecule has 2 heteroatoms. The first kappa shape index (κ1) is 16.5. The molecule has 110 valence electrons. The fourth-order valence-electron chi connectivity index (χ4n) is 2.02. The highest BCUT2D eigenvalue weighted by atomic mass is 15.5. The highest BCUT2D eigenvalue weighted by Gasteiger charge is 1.96. The van der Waals surface area contributed by atoms with E-state index in [1.54, 1.807) is 0 Å². The maximum atomic E-state index is 3.30. The fourth-order valence-corrected chi connectivity index (χ4v) is 2.02. The minimum absolute atomic E-state index is 0.992. The second kappa shape index (κ2) is 10.3. The first-order valence-corrected chi connectivity index (χ1v) is 7.63. The number of benzene rings is 1. The third-order valence-electron chi connectivity index (χ3n) is 3.16. The lowest BCUT2D eigenvalue weighted by Crippen LogP contribution is -2.30. The van der Waals surface area contributed by atoms with Gasteiger partial charge in [0.1, 0.15) is 0 Å². The Kier molecular flexibility index (Phi) is 8.48. The summed E-state index contributed by atoms with van der Waals surface area (Å²) in [6.07, 6.45) is 11.0. The molecule has 0 aliphatic rings. The standard InChI is InChI=1S/C18H28N2/c1-4-6-15-20(3)19-14-13-17(10-5-2)16-18-11-8-7-9-12-18/h7-14,19H,4-6,15-16H2,1-3H3/b14-13-,17-10+. The van der Waals surface area contributed by atoms with Crippen LogP contribution < -0.4 is 5.43 Å². The summed E-state index contributed by atoms with van der Waals surface area (Å²) in [5.41, 5.74) is 6.02. The smallest absolute Gasteiger partial charge is 0.0175 e. The Morgan fingerprint density at radius 3 is 2.60 bits per heavy atom. The Bertz CT molecular complexity index is 407. The van der Waals surface area contributed by atoms with Crippen LogP contribution in [0.2, 0.25) is 0 Å². The summed E-state index contributed by atoms with van der Waals surface area (Å²) in [5, 5.41) is 2.13. The van der Waals surface area contributed by atoms with E-state index in [9.17, 15) is 0 Å². The molecule has 0 amide bonds. The number of allylic oxidation sites excluding steroid dienone is 3. The number of nitrogens with zero attached hydrogens (tertiary/aromatic N) is 1. The third kappa shape index (κ3) is 7.15. The average Bonchev–Trinajstić information content (AvgIpc) is 2.46. The summed E-state index contributed by atoms with van der Waals surface area (Å²) < 4.78 is 0. The zero-order valence-electron chi connectivity index (χ0n) is 13.1. The lowest BCUT2D eigenvalue weighted by Gasteiger charge is -2.15. The molecular formula is C18H28N2. The molecule has 0 atom stereocenters. The van der Waals surface area contributed by atoms with Gasteiger partial charge in [-0.2, -0.15) is 0 Å². The quantitative estimate of drug-likeness (QED) is 0.532. The van der Waals surface area contributed by atoms with E-state index >= 15 is 0 Å². The maximum Gasteiger partial charge on any atom is 0.0175 e. The molecule has 2 nitrogen and oxygen atoms in total.